The Hall–Kier alpha value is -1.13. The molecule has 0 aliphatic heterocycles. The van der Waals surface area contributed by atoms with Crippen LogP contribution in [0.15, 0.2) is 18.3 Å². The number of likely N-dealkylation sites (N-methyl/N-ethyl adjacent to an activating group) is 1. The summed E-state index contributed by atoms with van der Waals surface area (Å²) in [6.07, 6.45) is 1.89. The van der Waals surface area contributed by atoms with Gasteiger partial charge in [-0.15, -0.1) is 0 Å². The van der Waals surface area contributed by atoms with Crippen molar-refractivity contribution in [3.05, 3.63) is 23.9 Å². The topological polar surface area (TPSA) is 48.4 Å². The molecule has 0 atom stereocenters. The molecule has 0 unspecified atom stereocenters. The Bertz CT molecular complexity index is 343. The van der Waals surface area contributed by atoms with Crippen molar-refractivity contribution in [1.29, 1.82) is 0 Å². The maximum absolute atomic E-state index is 9.84. The highest BCUT2D eigenvalue weighted by Gasteiger charge is 2.17. The molecule has 0 amide bonds. The van der Waals surface area contributed by atoms with Gasteiger partial charge in [-0.05, 0) is 38.9 Å². The van der Waals surface area contributed by atoms with Crippen molar-refractivity contribution in [3.63, 3.8) is 0 Å². The Balaban J connectivity index is 2.59. The standard InChI is InChI=1S/C14H25N3O/c1-5-15-13-8-7-12(9-16-13)10-17(6-2)11-14(3,4)18/h7-9,18H,5-6,10-11H2,1-4H3,(H,15,16). The van der Waals surface area contributed by atoms with E-state index in [2.05, 4.69) is 35.1 Å². The lowest BCUT2D eigenvalue weighted by Crippen LogP contribution is -2.38. The number of hydrogen-bond acceptors (Lipinski definition) is 4. The SMILES string of the molecule is CCNc1ccc(CN(CC)CC(C)(C)O)cn1. The number of aliphatic hydroxyl groups is 1. The third kappa shape index (κ3) is 5.47. The minimum Gasteiger partial charge on any atom is -0.389 e. The molecule has 1 aromatic heterocycles. The lowest BCUT2D eigenvalue weighted by molar-refractivity contribution is 0.0353. The summed E-state index contributed by atoms with van der Waals surface area (Å²) in [4.78, 5) is 6.56. The number of rotatable bonds is 7. The van der Waals surface area contributed by atoms with Gasteiger partial charge in [0, 0.05) is 25.8 Å². The molecule has 0 radical (unpaired) electrons. The van der Waals surface area contributed by atoms with Crippen LogP contribution in [0, 0.1) is 0 Å². The van der Waals surface area contributed by atoms with Crippen LogP contribution in [0.2, 0.25) is 0 Å². The van der Waals surface area contributed by atoms with Gasteiger partial charge in [0.2, 0.25) is 0 Å². The van der Waals surface area contributed by atoms with Crippen LogP contribution in [-0.2, 0) is 6.54 Å². The van der Waals surface area contributed by atoms with Crippen molar-refractivity contribution in [2.45, 2.75) is 39.8 Å². The van der Waals surface area contributed by atoms with Gasteiger partial charge in [-0.2, -0.15) is 0 Å². The smallest absolute Gasteiger partial charge is 0.125 e. The fourth-order valence-corrected chi connectivity index (χ4v) is 1.89. The Morgan fingerprint density at radius 2 is 2.06 bits per heavy atom. The predicted molar refractivity (Wildman–Crippen MR) is 75.6 cm³/mol. The van der Waals surface area contributed by atoms with Crippen LogP contribution in [0.1, 0.15) is 33.3 Å². The second-order valence-corrected chi connectivity index (χ2v) is 5.20. The minimum absolute atomic E-state index is 0.660. The second-order valence-electron chi connectivity index (χ2n) is 5.20. The highest BCUT2D eigenvalue weighted by molar-refractivity contribution is 5.35. The Kier molecular flexibility index (Phi) is 5.56. The molecule has 4 heteroatoms. The van der Waals surface area contributed by atoms with Crippen molar-refractivity contribution in [3.8, 4) is 0 Å². The molecule has 0 aromatic carbocycles. The Morgan fingerprint density at radius 3 is 2.50 bits per heavy atom. The highest BCUT2D eigenvalue weighted by Crippen LogP contribution is 2.11. The third-order valence-electron chi connectivity index (χ3n) is 2.65. The molecule has 0 aliphatic carbocycles. The van der Waals surface area contributed by atoms with Crippen LogP contribution in [0.5, 0.6) is 0 Å². The minimum atomic E-state index is -0.660. The number of aromatic nitrogens is 1. The summed E-state index contributed by atoms with van der Waals surface area (Å²) in [5.41, 5.74) is 0.510. The van der Waals surface area contributed by atoms with E-state index in [0.29, 0.717) is 6.54 Å². The molecule has 2 N–H and O–H groups in total. The maximum atomic E-state index is 9.84. The molecule has 0 saturated heterocycles. The van der Waals surface area contributed by atoms with Crippen molar-refractivity contribution < 1.29 is 5.11 Å². The van der Waals surface area contributed by atoms with Gasteiger partial charge >= 0.3 is 0 Å². The van der Waals surface area contributed by atoms with Gasteiger partial charge in [0.05, 0.1) is 5.60 Å². The molecule has 0 aliphatic rings. The van der Waals surface area contributed by atoms with E-state index in [1.54, 1.807) is 0 Å². The molecule has 4 nitrogen and oxygen atoms in total. The molecular weight excluding hydrogens is 226 g/mol. The van der Waals surface area contributed by atoms with E-state index in [0.717, 1.165) is 25.5 Å². The van der Waals surface area contributed by atoms with E-state index in [1.165, 1.54) is 5.56 Å². The number of nitrogens with zero attached hydrogens (tertiary/aromatic N) is 2. The van der Waals surface area contributed by atoms with E-state index in [9.17, 15) is 5.11 Å². The maximum Gasteiger partial charge on any atom is 0.125 e. The van der Waals surface area contributed by atoms with Crippen LogP contribution >= 0.6 is 0 Å². The third-order valence-corrected chi connectivity index (χ3v) is 2.65. The fourth-order valence-electron chi connectivity index (χ4n) is 1.89. The zero-order chi connectivity index (χ0) is 13.6. The molecule has 1 heterocycles. The normalized spacial score (nSPS) is 11.9. The van der Waals surface area contributed by atoms with Crippen LogP contribution in [0.25, 0.3) is 0 Å². The zero-order valence-electron chi connectivity index (χ0n) is 11.9. The van der Waals surface area contributed by atoms with Crippen LogP contribution in [-0.4, -0.2) is 40.2 Å². The summed E-state index contributed by atoms with van der Waals surface area (Å²) in [5, 5.41) is 13.0. The lowest BCUT2D eigenvalue weighted by Gasteiger charge is -2.27. The van der Waals surface area contributed by atoms with Gasteiger partial charge in [0.1, 0.15) is 5.82 Å². The van der Waals surface area contributed by atoms with Gasteiger partial charge < -0.3 is 10.4 Å². The van der Waals surface area contributed by atoms with Crippen molar-refractivity contribution >= 4 is 5.82 Å². The molecule has 1 rings (SSSR count). The van der Waals surface area contributed by atoms with Gasteiger partial charge in [0.15, 0.2) is 0 Å². The van der Waals surface area contributed by atoms with Gasteiger partial charge in [-0.1, -0.05) is 13.0 Å². The molecule has 18 heavy (non-hydrogen) atoms. The van der Waals surface area contributed by atoms with Crippen molar-refractivity contribution in [1.82, 2.24) is 9.88 Å². The lowest BCUT2D eigenvalue weighted by atomic mass is 10.1. The molecule has 0 fully saturated rings. The van der Waals surface area contributed by atoms with Gasteiger partial charge in [-0.25, -0.2) is 4.98 Å². The Labute approximate surface area is 110 Å². The number of anilines is 1. The first-order valence-electron chi connectivity index (χ1n) is 6.58. The highest BCUT2D eigenvalue weighted by atomic mass is 16.3. The Morgan fingerprint density at radius 1 is 1.33 bits per heavy atom. The predicted octanol–water partition coefficient (Wildman–Crippen LogP) is 2.11. The van der Waals surface area contributed by atoms with Crippen LogP contribution < -0.4 is 5.32 Å². The zero-order valence-corrected chi connectivity index (χ0v) is 11.9. The first kappa shape index (κ1) is 14.9. The first-order valence-corrected chi connectivity index (χ1v) is 6.58. The second kappa shape index (κ2) is 6.71. The van der Waals surface area contributed by atoms with E-state index in [1.807, 2.05) is 26.1 Å². The summed E-state index contributed by atoms with van der Waals surface area (Å²) in [6, 6.07) is 4.08. The first-order chi connectivity index (χ1) is 8.44. The van der Waals surface area contributed by atoms with Gasteiger partial charge in [0.25, 0.3) is 0 Å². The quantitative estimate of drug-likeness (QED) is 0.779. The summed E-state index contributed by atoms with van der Waals surface area (Å²) in [7, 11) is 0. The van der Waals surface area contributed by atoms with Crippen molar-refractivity contribution in [2.24, 2.45) is 0 Å². The van der Waals surface area contributed by atoms with Crippen LogP contribution in [0.4, 0.5) is 5.82 Å². The summed E-state index contributed by atoms with van der Waals surface area (Å²) in [6.45, 7) is 11.1. The fraction of sp³-hybridized carbons (Fsp3) is 0.643. The largest absolute Gasteiger partial charge is 0.389 e. The van der Waals surface area contributed by atoms with Crippen LogP contribution in [0.3, 0.4) is 0 Å². The molecule has 0 saturated carbocycles. The molecular formula is C14H25N3O. The summed E-state index contributed by atoms with van der Waals surface area (Å²) >= 11 is 0. The monoisotopic (exact) mass is 251 g/mol. The molecule has 0 bridgehead atoms. The van der Waals surface area contributed by atoms with E-state index in [4.69, 9.17) is 0 Å². The summed E-state index contributed by atoms with van der Waals surface area (Å²) < 4.78 is 0. The van der Waals surface area contributed by atoms with Crippen molar-refractivity contribution in [2.75, 3.05) is 25.0 Å². The molecule has 102 valence electrons. The summed E-state index contributed by atoms with van der Waals surface area (Å²) in [5.74, 6) is 0.909. The van der Waals surface area contributed by atoms with E-state index >= 15 is 0 Å². The average Bonchev–Trinajstić information content (AvgIpc) is 2.29. The van der Waals surface area contributed by atoms with Gasteiger partial charge in [-0.3, -0.25) is 4.90 Å². The number of pyridine rings is 1. The van der Waals surface area contributed by atoms with E-state index < -0.39 is 5.60 Å². The van der Waals surface area contributed by atoms with E-state index in [-0.39, 0.29) is 0 Å². The number of nitrogens with one attached hydrogen (secondary N) is 1. The molecule has 1 aromatic rings. The molecule has 0 spiro atoms. The number of hydrogen-bond donors (Lipinski definition) is 2. The average molecular weight is 251 g/mol.